The van der Waals surface area contributed by atoms with Crippen molar-refractivity contribution >= 4 is 17.4 Å². The van der Waals surface area contributed by atoms with Crippen molar-refractivity contribution < 1.29 is 0 Å². The molecule has 1 saturated heterocycles. The lowest BCUT2D eigenvalue weighted by Gasteiger charge is -2.19. The van der Waals surface area contributed by atoms with Gasteiger partial charge in [0.25, 0.3) is 0 Å². The van der Waals surface area contributed by atoms with Gasteiger partial charge in [0.1, 0.15) is 0 Å². The summed E-state index contributed by atoms with van der Waals surface area (Å²) >= 11 is 5.90. The summed E-state index contributed by atoms with van der Waals surface area (Å²) in [5.74, 6) is 0.680. The normalized spacial score (nSPS) is 21.9. The predicted octanol–water partition coefficient (Wildman–Crippen LogP) is 1.64. The minimum absolute atomic E-state index is 0.443. The van der Waals surface area contributed by atoms with Gasteiger partial charge in [-0.3, -0.25) is 0 Å². The average molecular weight is 227 g/mol. The summed E-state index contributed by atoms with van der Waals surface area (Å²) < 4.78 is 0. The number of hydrogen-bond acceptors (Lipinski definition) is 4. The van der Waals surface area contributed by atoms with Gasteiger partial charge in [0, 0.05) is 25.0 Å². The van der Waals surface area contributed by atoms with E-state index in [9.17, 15) is 0 Å². The Bertz CT molecular complexity index is 331. The van der Waals surface area contributed by atoms with Crippen LogP contribution in [0.15, 0.2) is 12.4 Å². The lowest BCUT2D eigenvalue weighted by Crippen LogP contribution is -2.31. The van der Waals surface area contributed by atoms with Gasteiger partial charge in [-0.1, -0.05) is 11.6 Å². The molecular weight excluding hydrogens is 212 g/mol. The maximum atomic E-state index is 5.90. The molecule has 1 fully saturated rings. The van der Waals surface area contributed by atoms with E-state index in [2.05, 4.69) is 27.2 Å². The van der Waals surface area contributed by atoms with Crippen molar-refractivity contribution in [2.45, 2.75) is 18.9 Å². The molecule has 1 aliphatic rings. The summed E-state index contributed by atoms with van der Waals surface area (Å²) in [4.78, 5) is 10.5. The van der Waals surface area contributed by atoms with Gasteiger partial charge in [0.05, 0.1) is 0 Å². The molecule has 0 radical (unpaired) electrons. The molecule has 4 nitrogen and oxygen atoms in total. The zero-order valence-electron chi connectivity index (χ0n) is 8.78. The van der Waals surface area contributed by atoms with Crippen LogP contribution in [0.3, 0.4) is 0 Å². The van der Waals surface area contributed by atoms with Crippen molar-refractivity contribution in [1.82, 2.24) is 14.9 Å². The second-order valence-electron chi connectivity index (χ2n) is 3.85. The second-order valence-corrected chi connectivity index (χ2v) is 4.21. The van der Waals surface area contributed by atoms with Crippen LogP contribution >= 0.6 is 11.6 Å². The van der Waals surface area contributed by atoms with Crippen LogP contribution in [0, 0.1) is 0 Å². The van der Waals surface area contributed by atoms with Crippen molar-refractivity contribution in [3.8, 4) is 0 Å². The first-order valence-electron chi connectivity index (χ1n) is 5.18. The van der Waals surface area contributed by atoms with Crippen LogP contribution in [0.5, 0.6) is 0 Å². The second kappa shape index (κ2) is 4.77. The molecule has 15 heavy (non-hydrogen) atoms. The zero-order chi connectivity index (χ0) is 10.7. The number of likely N-dealkylation sites (tertiary alicyclic amines) is 1. The molecular formula is C10H15ClN4. The molecule has 82 valence electrons. The molecule has 0 aliphatic carbocycles. The molecule has 0 spiro atoms. The van der Waals surface area contributed by atoms with Crippen molar-refractivity contribution in [3.63, 3.8) is 0 Å². The van der Waals surface area contributed by atoms with E-state index >= 15 is 0 Å². The fraction of sp³-hybridized carbons (Fsp3) is 0.600. The highest BCUT2D eigenvalue weighted by Crippen LogP contribution is 2.18. The van der Waals surface area contributed by atoms with Gasteiger partial charge >= 0.3 is 0 Å². The number of rotatable bonds is 3. The first-order chi connectivity index (χ1) is 7.27. The van der Waals surface area contributed by atoms with Crippen molar-refractivity contribution in [3.05, 3.63) is 17.5 Å². The molecule has 5 heteroatoms. The van der Waals surface area contributed by atoms with Gasteiger partial charge in [0.15, 0.2) is 11.0 Å². The number of aromatic nitrogens is 2. The largest absolute Gasteiger partial charge is 0.366 e. The lowest BCUT2D eigenvalue weighted by molar-refractivity contribution is 0.322. The number of nitrogens with one attached hydrogen (secondary N) is 1. The quantitative estimate of drug-likeness (QED) is 0.851. The van der Waals surface area contributed by atoms with Crippen LogP contribution in [0.2, 0.25) is 5.15 Å². The van der Waals surface area contributed by atoms with Crippen LogP contribution in [0.4, 0.5) is 5.82 Å². The SMILES string of the molecule is CN1CCCC1CNc1nccnc1Cl. The van der Waals surface area contributed by atoms with Crippen LogP contribution in [0.25, 0.3) is 0 Å². The highest BCUT2D eigenvalue weighted by Gasteiger charge is 2.20. The maximum Gasteiger partial charge on any atom is 0.171 e. The van der Waals surface area contributed by atoms with E-state index in [1.165, 1.54) is 19.4 Å². The number of nitrogens with zero attached hydrogens (tertiary/aromatic N) is 3. The van der Waals surface area contributed by atoms with E-state index in [-0.39, 0.29) is 0 Å². The summed E-state index contributed by atoms with van der Waals surface area (Å²) in [6.45, 7) is 2.06. The Hall–Kier alpha value is -0.870. The van der Waals surface area contributed by atoms with Gasteiger partial charge < -0.3 is 10.2 Å². The molecule has 1 aliphatic heterocycles. The van der Waals surface area contributed by atoms with E-state index in [0.29, 0.717) is 17.0 Å². The monoisotopic (exact) mass is 226 g/mol. The number of likely N-dealkylation sites (N-methyl/N-ethyl adjacent to an activating group) is 1. The Morgan fingerprint density at radius 2 is 2.33 bits per heavy atom. The van der Waals surface area contributed by atoms with Gasteiger partial charge in [-0.2, -0.15) is 0 Å². The fourth-order valence-electron chi connectivity index (χ4n) is 1.89. The third kappa shape index (κ3) is 2.58. The van der Waals surface area contributed by atoms with Crippen LogP contribution < -0.4 is 5.32 Å². The van der Waals surface area contributed by atoms with Crippen LogP contribution in [0.1, 0.15) is 12.8 Å². The Balaban J connectivity index is 1.90. The Morgan fingerprint density at radius 3 is 3.00 bits per heavy atom. The average Bonchev–Trinajstić information content (AvgIpc) is 2.63. The van der Waals surface area contributed by atoms with E-state index in [1.54, 1.807) is 12.4 Å². The van der Waals surface area contributed by atoms with E-state index in [0.717, 1.165) is 6.54 Å². The molecule has 1 unspecified atom stereocenters. The highest BCUT2D eigenvalue weighted by atomic mass is 35.5. The standard InChI is InChI=1S/C10H15ClN4/c1-15-6-2-3-8(15)7-14-10-9(11)12-4-5-13-10/h4-5,8H,2-3,6-7H2,1H3,(H,13,14). The third-order valence-corrected chi connectivity index (χ3v) is 3.11. The lowest BCUT2D eigenvalue weighted by atomic mass is 10.2. The fourth-order valence-corrected chi connectivity index (χ4v) is 2.06. The van der Waals surface area contributed by atoms with E-state index in [1.807, 2.05) is 0 Å². The minimum Gasteiger partial charge on any atom is -0.366 e. The van der Waals surface area contributed by atoms with Crippen LogP contribution in [-0.4, -0.2) is 41.0 Å². The maximum absolute atomic E-state index is 5.90. The van der Waals surface area contributed by atoms with Gasteiger partial charge in [-0.05, 0) is 26.4 Å². The Morgan fingerprint density at radius 1 is 1.53 bits per heavy atom. The molecule has 1 atom stereocenters. The summed E-state index contributed by atoms with van der Waals surface area (Å²) in [6, 6.07) is 0.586. The van der Waals surface area contributed by atoms with Gasteiger partial charge in [0.2, 0.25) is 0 Å². The van der Waals surface area contributed by atoms with Gasteiger partial charge in [-0.15, -0.1) is 0 Å². The molecule has 0 aromatic carbocycles. The number of hydrogen-bond donors (Lipinski definition) is 1. The molecule has 1 N–H and O–H groups in total. The smallest absolute Gasteiger partial charge is 0.171 e. The molecule has 2 rings (SSSR count). The van der Waals surface area contributed by atoms with Gasteiger partial charge in [-0.25, -0.2) is 9.97 Å². The summed E-state index contributed by atoms with van der Waals surface area (Å²) in [5.41, 5.74) is 0. The number of anilines is 1. The van der Waals surface area contributed by atoms with Crippen molar-refractivity contribution in [2.75, 3.05) is 25.5 Å². The molecule has 0 amide bonds. The Kier molecular flexibility index (Phi) is 3.38. The number of halogens is 1. The highest BCUT2D eigenvalue weighted by molar-refractivity contribution is 6.31. The van der Waals surface area contributed by atoms with Crippen molar-refractivity contribution in [2.24, 2.45) is 0 Å². The first kappa shape index (κ1) is 10.6. The zero-order valence-corrected chi connectivity index (χ0v) is 9.54. The molecule has 1 aromatic rings. The molecule has 0 bridgehead atoms. The summed E-state index contributed by atoms with van der Waals surface area (Å²) in [7, 11) is 2.15. The molecule has 1 aromatic heterocycles. The van der Waals surface area contributed by atoms with Crippen LogP contribution in [-0.2, 0) is 0 Å². The molecule has 2 heterocycles. The predicted molar refractivity (Wildman–Crippen MR) is 61.2 cm³/mol. The topological polar surface area (TPSA) is 41.0 Å². The molecule has 0 saturated carbocycles. The first-order valence-corrected chi connectivity index (χ1v) is 5.56. The third-order valence-electron chi connectivity index (χ3n) is 2.83. The van der Waals surface area contributed by atoms with E-state index in [4.69, 9.17) is 11.6 Å². The van der Waals surface area contributed by atoms with Crippen molar-refractivity contribution in [1.29, 1.82) is 0 Å². The summed E-state index contributed by atoms with van der Waals surface area (Å²) in [5, 5.41) is 3.68. The summed E-state index contributed by atoms with van der Waals surface area (Å²) in [6.07, 6.45) is 5.75. The Labute approximate surface area is 94.7 Å². The van der Waals surface area contributed by atoms with E-state index < -0.39 is 0 Å². The minimum atomic E-state index is 0.443.